The van der Waals surface area contributed by atoms with Gasteiger partial charge in [0.1, 0.15) is 10.9 Å². The molecule has 1 aliphatic rings. The van der Waals surface area contributed by atoms with Crippen molar-refractivity contribution < 1.29 is 71.7 Å². The third-order valence-corrected chi connectivity index (χ3v) is 9.28. The third kappa shape index (κ3) is 7.87. The number of ether oxygens (including phenoxy) is 3. The number of thiophene rings is 1. The summed E-state index contributed by atoms with van der Waals surface area (Å²) >= 11 is 0.978. The first kappa shape index (κ1) is 38.2. The molecule has 15 nitrogen and oxygen atoms in total. The van der Waals surface area contributed by atoms with Crippen LogP contribution < -0.4 is 45.1 Å². The Morgan fingerprint density at radius 2 is 1.65 bits per heavy atom. The molecule has 0 saturated heterocycles. The van der Waals surface area contributed by atoms with Crippen molar-refractivity contribution in [2.75, 3.05) is 20.8 Å². The number of esters is 2. The Morgan fingerprint density at radius 1 is 1.06 bits per heavy atom. The van der Waals surface area contributed by atoms with Gasteiger partial charge in [-0.1, -0.05) is 65.8 Å². The van der Waals surface area contributed by atoms with Gasteiger partial charge in [0.2, 0.25) is 0 Å². The van der Waals surface area contributed by atoms with Crippen molar-refractivity contribution in [1.82, 2.24) is 14.3 Å². The number of sulfonamides is 1. The predicted molar refractivity (Wildman–Crippen MR) is 168 cm³/mol. The molecule has 0 atom stereocenters. The first-order chi connectivity index (χ1) is 22.4. The molecule has 0 N–H and O–H groups in total. The fourth-order valence-corrected chi connectivity index (χ4v) is 6.99. The minimum Gasteiger partial charge on any atom is -0.844 e. The Morgan fingerprint density at radius 3 is 2.15 bits per heavy atom. The molecule has 4 aromatic rings. The molecule has 0 aliphatic carbocycles. The largest absolute Gasteiger partial charge is 1.00 e. The van der Waals surface area contributed by atoms with Crippen molar-refractivity contribution >= 4 is 45.0 Å². The van der Waals surface area contributed by atoms with E-state index in [1.807, 2.05) is 60.7 Å². The fraction of sp³-hybridized carbons (Fsp3) is 0.267. The fourth-order valence-electron chi connectivity index (χ4n) is 4.57. The van der Waals surface area contributed by atoms with Gasteiger partial charge in [-0.2, -0.15) is 17.5 Å². The zero-order valence-electron chi connectivity index (χ0n) is 26.9. The van der Waals surface area contributed by atoms with Crippen LogP contribution in [0, 0.1) is 6.92 Å². The molecule has 48 heavy (non-hydrogen) atoms. The Labute approximate surface area is 301 Å². The van der Waals surface area contributed by atoms with Crippen LogP contribution in [0.3, 0.4) is 0 Å². The molecule has 0 bridgehead atoms. The van der Waals surface area contributed by atoms with Crippen LogP contribution in [-0.4, -0.2) is 67.3 Å². The summed E-state index contributed by atoms with van der Waals surface area (Å²) in [5, 5.41) is 20.9. The van der Waals surface area contributed by atoms with Crippen molar-refractivity contribution in [2.45, 2.75) is 30.8 Å². The number of hydrogen-bond donors (Lipinski definition) is 0. The average Bonchev–Trinajstić information content (AvgIpc) is 3.78. The Hall–Kier alpha value is -4.29. The number of oxime groups is 1. The maximum absolute atomic E-state index is 12.4. The second-order valence-electron chi connectivity index (χ2n) is 9.70. The van der Waals surface area contributed by atoms with E-state index in [9.17, 15) is 27.9 Å². The minimum absolute atomic E-state index is 0. The van der Waals surface area contributed by atoms with Crippen molar-refractivity contribution in [1.29, 1.82) is 0 Å². The van der Waals surface area contributed by atoms with Gasteiger partial charge >= 0.3 is 53.2 Å². The topological polar surface area (TPSA) is 193 Å². The summed E-state index contributed by atoms with van der Waals surface area (Å²) < 4.78 is 43.4. The van der Waals surface area contributed by atoms with Crippen LogP contribution in [-0.2, 0) is 41.8 Å². The van der Waals surface area contributed by atoms with Gasteiger partial charge in [-0.3, -0.25) is 0 Å². The first-order valence-electron chi connectivity index (χ1n) is 13.8. The summed E-state index contributed by atoms with van der Waals surface area (Å²) in [5.74, 6) is -1.31. The Kier molecular flexibility index (Phi) is 12.9. The second kappa shape index (κ2) is 16.2. The summed E-state index contributed by atoms with van der Waals surface area (Å²) in [6.07, 6.45) is 0.361. The van der Waals surface area contributed by atoms with E-state index in [1.165, 1.54) is 26.5 Å². The van der Waals surface area contributed by atoms with Gasteiger partial charge in [0.15, 0.2) is 11.3 Å². The molecule has 0 saturated carbocycles. The number of carbonyl (C=O) groups is 2. The normalized spacial score (nSPS) is 13.6. The zero-order chi connectivity index (χ0) is 34.4. The molecular weight excluding hydrogens is 677 g/mol. The number of rotatable bonds is 8. The first-order valence-corrected chi connectivity index (χ1v) is 16.1. The van der Waals surface area contributed by atoms with E-state index in [0.717, 1.165) is 34.1 Å². The molecule has 0 spiro atoms. The van der Waals surface area contributed by atoms with E-state index in [1.54, 1.807) is 6.92 Å². The van der Waals surface area contributed by atoms with Gasteiger partial charge in [-0.05, 0) is 13.8 Å². The maximum Gasteiger partial charge on any atom is 1.00 e. The smallest absolute Gasteiger partial charge is 0.844 e. The zero-order valence-corrected chi connectivity index (χ0v) is 30.5. The van der Waals surface area contributed by atoms with E-state index in [0.29, 0.717) is 18.7 Å². The van der Waals surface area contributed by atoms with E-state index < -0.39 is 44.2 Å². The second-order valence-corrected chi connectivity index (χ2v) is 12.3. The summed E-state index contributed by atoms with van der Waals surface area (Å²) in [6, 6.07) is 18.0. The van der Waals surface area contributed by atoms with Crippen LogP contribution in [0.25, 0.3) is 0 Å². The van der Waals surface area contributed by atoms with Crippen LogP contribution in [0.2, 0.25) is 0 Å². The Bertz CT molecular complexity index is 1950. The van der Waals surface area contributed by atoms with Gasteiger partial charge in [-0.15, -0.1) is 16.4 Å². The molecule has 0 unspecified atom stereocenters. The van der Waals surface area contributed by atoms with E-state index in [4.69, 9.17) is 14.3 Å². The standard InChI is InChI=1S/C18H17NO3.C12H14N4O7S2.Na/c1-2-21-17(20)16-13-18(22-19-16,14-9-5-3-6-10-14)15-11-7-4-8-12-15;1-6-8(7(5-24-6)9(17)22-3)25(20,21)14-10(18)16-12(19)15(2)11(13-16)23-4;/h3-12H,2,13H2,1H3;5H,1-4H3,(H,14,18);/q;;+1/p-1. The van der Waals surface area contributed by atoms with Crippen LogP contribution in [0.5, 0.6) is 6.01 Å². The summed E-state index contributed by atoms with van der Waals surface area (Å²) in [5.41, 5.74) is 0.288. The molecule has 3 heterocycles. The van der Waals surface area contributed by atoms with E-state index in [2.05, 4.69) is 19.4 Å². The number of hydrogen-bond acceptors (Lipinski definition) is 13. The van der Waals surface area contributed by atoms with Crippen LogP contribution >= 0.6 is 11.3 Å². The molecule has 18 heteroatoms. The van der Waals surface area contributed by atoms with Gasteiger partial charge in [0.25, 0.3) is 10.0 Å². The van der Waals surface area contributed by atoms with Crippen molar-refractivity contribution in [3.63, 3.8) is 0 Å². The summed E-state index contributed by atoms with van der Waals surface area (Å²) in [6.45, 7) is 3.54. The monoisotopic (exact) mass is 707 g/mol. The Balaban J connectivity index is 0.000000257. The van der Waals surface area contributed by atoms with Crippen molar-refractivity contribution in [2.24, 2.45) is 16.6 Å². The molecular formula is C30H30N5NaO10S2. The third-order valence-electron chi connectivity index (χ3n) is 6.80. The number of nitrogens with zero attached hydrogens (tertiary/aromatic N) is 5. The number of aryl methyl sites for hydroxylation is 1. The molecule has 2 aromatic carbocycles. The quantitative estimate of drug-likeness (QED) is 0.0942. The molecule has 0 amide bonds. The van der Waals surface area contributed by atoms with Crippen LogP contribution in [0.15, 0.2) is 85.3 Å². The van der Waals surface area contributed by atoms with Gasteiger partial charge in [0.05, 0.1) is 32.8 Å². The van der Waals surface area contributed by atoms with Gasteiger partial charge < -0.3 is 24.2 Å². The van der Waals surface area contributed by atoms with Crippen LogP contribution in [0.4, 0.5) is 0 Å². The maximum atomic E-state index is 12.4. The molecule has 248 valence electrons. The minimum atomic E-state index is -4.57. The molecule has 5 rings (SSSR count). The van der Waals surface area contributed by atoms with Gasteiger partial charge in [0, 0.05) is 28.4 Å². The molecule has 1 aliphatic heterocycles. The van der Waals surface area contributed by atoms with E-state index >= 15 is 0 Å². The van der Waals surface area contributed by atoms with Gasteiger partial charge in [-0.25, -0.2) is 19.0 Å². The average molecular weight is 708 g/mol. The molecule has 2 aromatic heterocycles. The SMILES string of the molecule is CCOC(=O)C1=NOC(c2ccccc2)(c2ccccc2)C1.COC(=O)c1csc(C)c1S(=O)(=O)/N=C(\[O-])n1nc(OC)n(C)c1=O.[Na+]. The molecule has 0 fully saturated rings. The number of benzene rings is 2. The van der Waals surface area contributed by atoms with E-state index in [-0.39, 0.29) is 50.7 Å². The van der Waals surface area contributed by atoms with Crippen molar-refractivity contribution in [3.05, 3.63) is 98.1 Å². The molecule has 0 radical (unpaired) electrons. The predicted octanol–water partition coefficient (Wildman–Crippen LogP) is -1.03. The summed E-state index contributed by atoms with van der Waals surface area (Å²) in [4.78, 5) is 41.1. The summed E-state index contributed by atoms with van der Waals surface area (Å²) in [7, 11) is -0.975. The number of aromatic nitrogens is 3. The number of methoxy groups -OCH3 is 2. The van der Waals surface area contributed by atoms with Crippen molar-refractivity contribution in [3.8, 4) is 6.01 Å². The number of carbonyl (C=O) groups excluding carboxylic acids is 2. The van der Waals surface area contributed by atoms with Crippen LogP contribution in [0.1, 0.15) is 39.7 Å².